The molecule has 0 aliphatic rings. The Bertz CT molecular complexity index is 1550. The Morgan fingerprint density at radius 1 is 0.927 bits per heavy atom. The van der Waals surface area contributed by atoms with Crippen LogP contribution in [-0.2, 0) is 22.4 Å². The first kappa shape index (κ1) is 29.0. The molecule has 0 unspecified atom stereocenters. The second-order valence-electron chi connectivity index (χ2n) is 10.4. The zero-order valence-corrected chi connectivity index (χ0v) is 23.1. The van der Waals surface area contributed by atoms with Crippen molar-refractivity contribution >= 4 is 28.7 Å². The van der Waals surface area contributed by atoms with Crippen molar-refractivity contribution in [2.45, 2.75) is 51.2 Å². The van der Waals surface area contributed by atoms with Gasteiger partial charge in [0.2, 0.25) is 17.7 Å². The predicted octanol–water partition coefficient (Wildman–Crippen LogP) is 4.26. The molecule has 0 saturated carbocycles. The van der Waals surface area contributed by atoms with Gasteiger partial charge in [0.1, 0.15) is 12.1 Å². The highest BCUT2D eigenvalue weighted by molar-refractivity contribution is 5.93. The van der Waals surface area contributed by atoms with Crippen LogP contribution in [0.15, 0.2) is 89.5 Å². The van der Waals surface area contributed by atoms with Crippen LogP contribution < -0.4 is 16.0 Å². The first-order valence-electron chi connectivity index (χ1n) is 13.2. The molecule has 3 amide bonds. The maximum absolute atomic E-state index is 13.7. The second-order valence-corrected chi connectivity index (χ2v) is 10.4. The van der Waals surface area contributed by atoms with E-state index in [1.807, 2.05) is 72.8 Å². The summed E-state index contributed by atoms with van der Waals surface area (Å²) >= 11 is 0. The average Bonchev–Trinajstić information content (AvgIpc) is 3.37. The molecule has 41 heavy (non-hydrogen) atoms. The summed E-state index contributed by atoms with van der Waals surface area (Å²) in [5, 5.41) is 23.1. The number of nitrogens with one attached hydrogen (secondary N) is 3. The number of carbonyl (C=O) groups excluding carboxylic acids is 2. The smallest absolute Gasteiger partial charge is 0.405 e. The molecule has 0 bridgehead atoms. The van der Waals surface area contributed by atoms with E-state index in [-0.39, 0.29) is 12.3 Å². The van der Waals surface area contributed by atoms with Crippen LogP contribution in [0.2, 0.25) is 0 Å². The molecule has 0 saturated heterocycles. The summed E-state index contributed by atoms with van der Waals surface area (Å²) in [6, 6.07) is 21.8. The number of benzene rings is 3. The Hall–Kier alpha value is -4.99. The number of hydrogen-bond donors (Lipinski definition) is 4. The number of aromatic nitrogens is 2. The van der Waals surface area contributed by atoms with Gasteiger partial charge >= 0.3 is 6.09 Å². The van der Waals surface area contributed by atoms with E-state index in [4.69, 9.17) is 9.63 Å². The fraction of sp³-hybridized carbons (Fsp3) is 0.258. The lowest BCUT2D eigenvalue weighted by atomic mass is 10.00. The normalized spacial score (nSPS) is 13.0. The fourth-order valence-corrected chi connectivity index (χ4v) is 4.41. The number of fused-ring (bicyclic) bond motifs is 1. The minimum Gasteiger partial charge on any atom is -0.465 e. The third-order valence-electron chi connectivity index (χ3n) is 6.41. The van der Waals surface area contributed by atoms with Crippen molar-refractivity contribution in [2.24, 2.45) is 0 Å². The summed E-state index contributed by atoms with van der Waals surface area (Å²) in [4.78, 5) is 42.1. The van der Waals surface area contributed by atoms with Gasteiger partial charge in [0.15, 0.2) is 5.82 Å². The highest BCUT2D eigenvalue weighted by Gasteiger charge is 2.27. The van der Waals surface area contributed by atoms with Crippen molar-refractivity contribution in [3.05, 3.63) is 108 Å². The first-order chi connectivity index (χ1) is 19.6. The van der Waals surface area contributed by atoms with Crippen molar-refractivity contribution in [1.82, 2.24) is 26.1 Å². The van der Waals surface area contributed by atoms with Crippen LogP contribution in [0.4, 0.5) is 4.79 Å². The first-order valence-corrected chi connectivity index (χ1v) is 13.2. The molecule has 0 aliphatic heterocycles. The van der Waals surface area contributed by atoms with Crippen LogP contribution >= 0.6 is 0 Å². The zero-order valence-electron chi connectivity index (χ0n) is 23.1. The molecule has 4 aromatic rings. The Balaban J connectivity index is 1.59. The standard InChI is InChI=1S/C31H33N5O5/c1-20-32-29(41-36-20)26(18-21-9-5-4-6-10-21)34-28(38)25(33-27(37)15-16-31(2,3)35-30(39)40)19-22-13-14-23-11-7-8-12-24(23)17-22/h4-17,25-26,35H,18-19H2,1-3H3,(H,33,37)(H,34,38)(H,39,40)/t25-,26-/m1/s1. The van der Waals surface area contributed by atoms with E-state index in [0.29, 0.717) is 12.2 Å². The molecule has 10 heteroatoms. The van der Waals surface area contributed by atoms with Crippen molar-refractivity contribution in [3.63, 3.8) is 0 Å². The number of amides is 3. The number of rotatable bonds is 11. The monoisotopic (exact) mass is 555 g/mol. The van der Waals surface area contributed by atoms with Gasteiger partial charge in [0.25, 0.3) is 0 Å². The molecule has 212 valence electrons. The van der Waals surface area contributed by atoms with Crippen LogP contribution in [0.5, 0.6) is 0 Å². The van der Waals surface area contributed by atoms with Crippen LogP contribution in [0.25, 0.3) is 10.8 Å². The lowest BCUT2D eigenvalue weighted by Gasteiger charge is -2.22. The van der Waals surface area contributed by atoms with Crippen LogP contribution in [-0.4, -0.2) is 44.7 Å². The van der Waals surface area contributed by atoms with Gasteiger partial charge in [-0.15, -0.1) is 0 Å². The maximum atomic E-state index is 13.7. The van der Waals surface area contributed by atoms with Crippen LogP contribution in [0, 0.1) is 6.92 Å². The summed E-state index contributed by atoms with van der Waals surface area (Å²) in [6.45, 7) is 4.93. The molecule has 0 spiro atoms. The van der Waals surface area contributed by atoms with E-state index >= 15 is 0 Å². The van der Waals surface area contributed by atoms with E-state index < -0.39 is 35.5 Å². The molecule has 4 N–H and O–H groups in total. The molecule has 0 fully saturated rings. The van der Waals surface area contributed by atoms with E-state index in [2.05, 4.69) is 26.1 Å². The van der Waals surface area contributed by atoms with Gasteiger partial charge in [-0.25, -0.2) is 4.79 Å². The van der Waals surface area contributed by atoms with Crippen molar-refractivity contribution in [2.75, 3.05) is 0 Å². The quantitative estimate of drug-likeness (QED) is 0.202. The third-order valence-corrected chi connectivity index (χ3v) is 6.41. The molecule has 10 nitrogen and oxygen atoms in total. The summed E-state index contributed by atoms with van der Waals surface area (Å²) < 4.78 is 5.41. The second kappa shape index (κ2) is 12.9. The summed E-state index contributed by atoms with van der Waals surface area (Å²) in [7, 11) is 0. The van der Waals surface area contributed by atoms with Crippen molar-refractivity contribution in [3.8, 4) is 0 Å². The molecule has 1 aromatic heterocycles. The summed E-state index contributed by atoms with van der Waals surface area (Å²) in [6.07, 6.45) is 2.06. The van der Waals surface area contributed by atoms with Gasteiger partial charge in [-0.2, -0.15) is 4.98 Å². The van der Waals surface area contributed by atoms with E-state index in [1.54, 1.807) is 20.8 Å². The fourth-order valence-electron chi connectivity index (χ4n) is 4.41. The molecular weight excluding hydrogens is 522 g/mol. The molecular formula is C31H33N5O5. The number of nitrogens with zero attached hydrogens (tertiary/aromatic N) is 2. The van der Waals surface area contributed by atoms with Gasteiger partial charge in [-0.3, -0.25) is 9.59 Å². The number of carboxylic acid groups (broad SMARTS) is 1. The largest absolute Gasteiger partial charge is 0.465 e. The predicted molar refractivity (Wildman–Crippen MR) is 154 cm³/mol. The van der Waals surface area contributed by atoms with Gasteiger partial charge in [-0.05, 0) is 42.7 Å². The lowest BCUT2D eigenvalue weighted by molar-refractivity contribution is -0.127. The van der Waals surface area contributed by atoms with E-state index in [1.165, 1.54) is 12.2 Å². The summed E-state index contributed by atoms with van der Waals surface area (Å²) in [5.41, 5.74) is 0.824. The highest BCUT2D eigenvalue weighted by Crippen LogP contribution is 2.20. The third kappa shape index (κ3) is 8.50. The van der Waals surface area contributed by atoms with Gasteiger partial charge in [0, 0.05) is 18.9 Å². The topological polar surface area (TPSA) is 146 Å². The number of aryl methyl sites for hydroxylation is 1. The Labute approximate surface area is 237 Å². The Morgan fingerprint density at radius 2 is 1.63 bits per heavy atom. The van der Waals surface area contributed by atoms with E-state index in [0.717, 1.165) is 21.9 Å². The molecule has 3 aromatic carbocycles. The minimum atomic E-state index is -1.21. The number of hydrogen-bond acceptors (Lipinski definition) is 6. The molecule has 1 heterocycles. The highest BCUT2D eigenvalue weighted by atomic mass is 16.5. The van der Waals surface area contributed by atoms with Crippen LogP contribution in [0.3, 0.4) is 0 Å². The number of carbonyl (C=O) groups is 3. The van der Waals surface area contributed by atoms with Crippen LogP contribution in [0.1, 0.15) is 42.7 Å². The Morgan fingerprint density at radius 3 is 2.32 bits per heavy atom. The molecule has 2 atom stereocenters. The van der Waals surface area contributed by atoms with Crippen molar-refractivity contribution < 1.29 is 24.0 Å². The van der Waals surface area contributed by atoms with Gasteiger partial charge in [-0.1, -0.05) is 84.0 Å². The molecule has 0 aliphatic carbocycles. The minimum absolute atomic E-state index is 0.216. The molecule has 4 rings (SSSR count). The lowest BCUT2D eigenvalue weighted by Crippen LogP contribution is -2.49. The van der Waals surface area contributed by atoms with E-state index in [9.17, 15) is 14.4 Å². The average molecular weight is 556 g/mol. The molecule has 0 radical (unpaired) electrons. The Kier molecular flexibility index (Phi) is 9.13. The van der Waals surface area contributed by atoms with Gasteiger partial charge in [0.05, 0.1) is 5.54 Å². The van der Waals surface area contributed by atoms with Gasteiger partial charge < -0.3 is 25.6 Å². The van der Waals surface area contributed by atoms with Crippen molar-refractivity contribution in [1.29, 1.82) is 0 Å². The maximum Gasteiger partial charge on any atom is 0.405 e. The SMILES string of the molecule is Cc1noc([C@@H](Cc2ccccc2)NC(=O)[C@@H](Cc2ccc3ccccc3c2)NC(=O)C=CC(C)(C)NC(=O)O)n1. The zero-order chi connectivity index (χ0) is 29.4. The summed E-state index contributed by atoms with van der Waals surface area (Å²) in [5.74, 6) is -0.271.